The van der Waals surface area contributed by atoms with Crippen LogP contribution in [0.15, 0.2) is 29.2 Å². The third-order valence-corrected chi connectivity index (χ3v) is 5.74. The Hall–Kier alpha value is -1.93. The van der Waals surface area contributed by atoms with Gasteiger partial charge in [-0.25, -0.2) is 17.9 Å². The maximum atomic E-state index is 12.3. The third kappa shape index (κ3) is 6.10. The van der Waals surface area contributed by atoms with Gasteiger partial charge in [0.1, 0.15) is 0 Å². The molecule has 1 aliphatic rings. The van der Waals surface area contributed by atoms with Gasteiger partial charge >= 0.3 is 5.97 Å². The standard InChI is InChI=1S/C18H26N2O5S/c1-2-25-18(22)14-9-11-16(12-10-14)26(23,24)19-13-17(21)20-15-7-5-3-4-6-8-15/h9-12,15,19H,2-8,13H2,1H3,(H,20,21). The van der Waals surface area contributed by atoms with Crippen LogP contribution in [0.3, 0.4) is 0 Å². The molecule has 0 unspecified atom stereocenters. The molecule has 1 aliphatic carbocycles. The van der Waals surface area contributed by atoms with Crippen LogP contribution < -0.4 is 10.0 Å². The zero-order valence-corrected chi connectivity index (χ0v) is 15.8. The Morgan fingerprint density at radius 2 is 1.69 bits per heavy atom. The van der Waals surface area contributed by atoms with Crippen molar-refractivity contribution in [3.63, 3.8) is 0 Å². The Bertz CT molecular complexity index is 708. The molecule has 1 aromatic carbocycles. The van der Waals surface area contributed by atoms with E-state index in [9.17, 15) is 18.0 Å². The molecule has 2 N–H and O–H groups in total. The Labute approximate surface area is 154 Å². The van der Waals surface area contributed by atoms with Crippen molar-refractivity contribution in [1.29, 1.82) is 0 Å². The summed E-state index contributed by atoms with van der Waals surface area (Å²) in [4.78, 5) is 23.6. The van der Waals surface area contributed by atoms with Crippen LogP contribution in [0.5, 0.6) is 0 Å². The van der Waals surface area contributed by atoms with Gasteiger partial charge in [0.15, 0.2) is 0 Å². The monoisotopic (exact) mass is 382 g/mol. The highest BCUT2D eigenvalue weighted by molar-refractivity contribution is 7.89. The van der Waals surface area contributed by atoms with E-state index in [1.165, 1.54) is 37.1 Å². The van der Waals surface area contributed by atoms with E-state index in [2.05, 4.69) is 10.0 Å². The number of ether oxygens (including phenoxy) is 1. The molecule has 0 spiro atoms. The molecular weight excluding hydrogens is 356 g/mol. The first-order valence-electron chi connectivity index (χ1n) is 8.98. The summed E-state index contributed by atoms with van der Waals surface area (Å²) < 4.78 is 31.7. The number of benzene rings is 1. The molecule has 0 saturated heterocycles. The number of nitrogens with one attached hydrogen (secondary N) is 2. The Balaban J connectivity index is 1.89. The number of sulfonamides is 1. The number of hydrogen-bond donors (Lipinski definition) is 2. The van der Waals surface area contributed by atoms with Crippen molar-refractivity contribution in [3.05, 3.63) is 29.8 Å². The van der Waals surface area contributed by atoms with Gasteiger partial charge in [0.05, 0.1) is 23.6 Å². The first-order chi connectivity index (χ1) is 12.4. The van der Waals surface area contributed by atoms with Gasteiger partial charge in [-0.3, -0.25) is 4.79 Å². The highest BCUT2D eigenvalue weighted by Gasteiger charge is 2.19. The molecule has 0 aliphatic heterocycles. The molecule has 144 valence electrons. The third-order valence-electron chi connectivity index (χ3n) is 4.32. The predicted molar refractivity (Wildman–Crippen MR) is 97.2 cm³/mol. The van der Waals surface area contributed by atoms with Gasteiger partial charge in [-0.2, -0.15) is 0 Å². The van der Waals surface area contributed by atoms with E-state index in [1.807, 2.05) is 0 Å². The fourth-order valence-corrected chi connectivity index (χ4v) is 3.91. The quantitative estimate of drug-likeness (QED) is 0.555. The average molecular weight is 382 g/mol. The molecule has 1 saturated carbocycles. The van der Waals surface area contributed by atoms with Crippen molar-refractivity contribution in [2.24, 2.45) is 0 Å². The Morgan fingerprint density at radius 1 is 1.08 bits per heavy atom. The molecule has 0 aromatic heterocycles. The SMILES string of the molecule is CCOC(=O)c1ccc(S(=O)(=O)NCC(=O)NC2CCCCCC2)cc1. The van der Waals surface area contributed by atoms with Crippen molar-refractivity contribution < 1.29 is 22.7 Å². The first kappa shape index (κ1) is 20.4. The van der Waals surface area contributed by atoms with E-state index < -0.39 is 16.0 Å². The van der Waals surface area contributed by atoms with Crippen LogP contribution in [0.25, 0.3) is 0 Å². The summed E-state index contributed by atoms with van der Waals surface area (Å²) in [5.74, 6) is -0.837. The Kier molecular flexibility index (Phi) is 7.59. The molecule has 26 heavy (non-hydrogen) atoms. The van der Waals surface area contributed by atoms with Crippen LogP contribution in [-0.2, 0) is 19.6 Å². The molecule has 2 rings (SSSR count). The maximum absolute atomic E-state index is 12.3. The van der Waals surface area contributed by atoms with E-state index in [4.69, 9.17) is 4.74 Å². The number of carbonyl (C=O) groups excluding carboxylic acids is 2. The number of carbonyl (C=O) groups is 2. The summed E-state index contributed by atoms with van der Waals surface area (Å²) in [6.45, 7) is 1.63. The van der Waals surface area contributed by atoms with Gasteiger partial charge in [0, 0.05) is 6.04 Å². The Morgan fingerprint density at radius 3 is 2.27 bits per heavy atom. The summed E-state index contributed by atoms with van der Waals surface area (Å²) in [6, 6.07) is 5.53. The van der Waals surface area contributed by atoms with E-state index in [1.54, 1.807) is 6.92 Å². The topological polar surface area (TPSA) is 102 Å². The lowest BCUT2D eigenvalue weighted by Crippen LogP contribution is -2.41. The smallest absolute Gasteiger partial charge is 0.338 e. The van der Waals surface area contributed by atoms with E-state index in [0.29, 0.717) is 0 Å². The second-order valence-corrected chi connectivity index (χ2v) is 8.09. The van der Waals surface area contributed by atoms with Gasteiger partial charge in [0.25, 0.3) is 0 Å². The fourth-order valence-electron chi connectivity index (χ4n) is 2.93. The normalized spacial score (nSPS) is 15.9. The van der Waals surface area contributed by atoms with Crippen LogP contribution in [0.2, 0.25) is 0 Å². The molecule has 0 heterocycles. The van der Waals surface area contributed by atoms with Crippen molar-refractivity contribution in [2.45, 2.75) is 56.4 Å². The van der Waals surface area contributed by atoms with Gasteiger partial charge in [-0.15, -0.1) is 0 Å². The lowest BCUT2D eigenvalue weighted by molar-refractivity contribution is -0.120. The molecule has 7 nitrogen and oxygen atoms in total. The maximum Gasteiger partial charge on any atom is 0.338 e. The van der Waals surface area contributed by atoms with Crippen LogP contribution in [0.4, 0.5) is 0 Å². The van der Waals surface area contributed by atoms with Gasteiger partial charge in [-0.1, -0.05) is 25.7 Å². The number of rotatable bonds is 7. The molecule has 1 amide bonds. The van der Waals surface area contributed by atoms with Gasteiger partial charge < -0.3 is 10.1 Å². The molecular formula is C18H26N2O5S. The molecule has 1 fully saturated rings. The zero-order chi connectivity index (χ0) is 19.0. The van der Waals surface area contributed by atoms with Crippen LogP contribution in [0, 0.1) is 0 Å². The minimum Gasteiger partial charge on any atom is -0.462 e. The minimum atomic E-state index is -3.82. The lowest BCUT2D eigenvalue weighted by Gasteiger charge is -2.16. The second-order valence-electron chi connectivity index (χ2n) is 6.33. The summed E-state index contributed by atoms with van der Waals surface area (Å²) in [5.41, 5.74) is 0.275. The average Bonchev–Trinajstić information content (AvgIpc) is 2.89. The molecule has 1 aromatic rings. The van der Waals surface area contributed by atoms with Crippen LogP contribution in [-0.4, -0.2) is 39.5 Å². The molecule has 0 bridgehead atoms. The van der Waals surface area contributed by atoms with Gasteiger partial charge in [-0.05, 0) is 44.0 Å². The van der Waals surface area contributed by atoms with Crippen molar-refractivity contribution in [2.75, 3.05) is 13.2 Å². The highest BCUT2D eigenvalue weighted by Crippen LogP contribution is 2.17. The minimum absolute atomic E-state index is 0.00665. The van der Waals surface area contributed by atoms with E-state index in [-0.39, 0.29) is 35.6 Å². The van der Waals surface area contributed by atoms with E-state index in [0.717, 1.165) is 25.7 Å². The summed E-state index contributed by atoms with van der Waals surface area (Å²) in [5, 5.41) is 2.89. The number of amides is 1. The summed E-state index contributed by atoms with van der Waals surface area (Å²) >= 11 is 0. The number of esters is 1. The molecule has 8 heteroatoms. The lowest BCUT2D eigenvalue weighted by atomic mass is 10.1. The van der Waals surface area contributed by atoms with Gasteiger partial charge in [0.2, 0.25) is 15.9 Å². The highest BCUT2D eigenvalue weighted by atomic mass is 32.2. The second kappa shape index (κ2) is 9.68. The summed E-state index contributed by atoms with van der Waals surface area (Å²) in [6.07, 6.45) is 6.41. The molecule has 0 radical (unpaired) electrons. The van der Waals surface area contributed by atoms with Crippen molar-refractivity contribution in [3.8, 4) is 0 Å². The van der Waals surface area contributed by atoms with Crippen molar-refractivity contribution >= 4 is 21.9 Å². The predicted octanol–water partition coefficient (Wildman–Crippen LogP) is 1.98. The van der Waals surface area contributed by atoms with Crippen molar-refractivity contribution in [1.82, 2.24) is 10.0 Å². The van der Waals surface area contributed by atoms with Crippen LogP contribution in [0.1, 0.15) is 55.8 Å². The fraction of sp³-hybridized carbons (Fsp3) is 0.556. The number of hydrogen-bond acceptors (Lipinski definition) is 5. The first-order valence-corrected chi connectivity index (χ1v) is 10.5. The van der Waals surface area contributed by atoms with E-state index >= 15 is 0 Å². The molecule has 0 atom stereocenters. The largest absolute Gasteiger partial charge is 0.462 e. The zero-order valence-electron chi connectivity index (χ0n) is 15.0. The van der Waals surface area contributed by atoms with Crippen LogP contribution >= 0.6 is 0 Å². The summed E-state index contributed by atoms with van der Waals surface area (Å²) in [7, 11) is -3.82.